The van der Waals surface area contributed by atoms with E-state index in [4.69, 9.17) is 5.26 Å². The monoisotopic (exact) mass is 209 g/mol. The molecule has 0 aromatic heterocycles. The lowest BCUT2D eigenvalue weighted by molar-refractivity contribution is 0.533. The van der Waals surface area contributed by atoms with Gasteiger partial charge in [0.05, 0.1) is 12.7 Å². The van der Waals surface area contributed by atoms with Crippen molar-refractivity contribution in [2.75, 3.05) is 12.4 Å². The summed E-state index contributed by atoms with van der Waals surface area (Å²) in [6.07, 6.45) is 1.35. The molecule has 0 saturated carbocycles. The minimum absolute atomic E-state index is 0.291. The Kier molecular flexibility index (Phi) is 5.09. The minimum atomic E-state index is -0.291. The summed E-state index contributed by atoms with van der Waals surface area (Å²) >= 11 is 1.51. The number of nitrogens with zero attached hydrogens (tertiary/aromatic N) is 1. The van der Waals surface area contributed by atoms with Crippen molar-refractivity contribution in [2.24, 2.45) is 0 Å². The van der Waals surface area contributed by atoms with Gasteiger partial charge in [0, 0.05) is 17.1 Å². The summed E-state index contributed by atoms with van der Waals surface area (Å²) in [7, 11) is 0. The Labute approximate surface area is 87.9 Å². The standard InChI is InChI=1S/C11H12FNS/c12-7-9-14-11-5-3-10(4-6-11)2-1-8-13/h3-6H,1-2,7,9H2. The number of hydrogen-bond acceptors (Lipinski definition) is 2. The minimum Gasteiger partial charge on any atom is -0.250 e. The van der Waals surface area contributed by atoms with Crippen molar-refractivity contribution < 1.29 is 4.39 Å². The van der Waals surface area contributed by atoms with Crippen LogP contribution in [0.15, 0.2) is 29.2 Å². The van der Waals surface area contributed by atoms with Gasteiger partial charge in [-0.25, -0.2) is 0 Å². The number of thioether (sulfide) groups is 1. The van der Waals surface area contributed by atoms with Crippen LogP contribution in [0.3, 0.4) is 0 Å². The molecule has 1 rings (SSSR count). The molecule has 0 spiro atoms. The molecule has 0 saturated heterocycles. The van der Waals surface area contributed by atoms with Crippen LogP contribution in [0.2, 0.25) is 0 Å². The van der Waals surface area contributed by atoms with Crippen LogP contribution in [0.5, 0.6) is 0 Å². The fraction of sp³-hybridized carbons (Fsp3) is 0.364. The van der Waals surface area contributed by atoms with Crippen LogP contribution >= 0.6 is 11.8 Å². The average molecular weight is 209 g/mol. The fourth-order valence-corrected chi connectivity index (χ4v) is 1.75. The smallest absolute Gasteiger partial charge is 0.0988 e. The Hall–Kier alpha value is -1.01. The summed E-state index contributed by atoms with van der Waals surface area (Å²) in [5.41, 5.74) is 1.16. The zero-order chi connectivity index (χ0) is 10.2. The molecule has 0 N–H and O–H groups in total. The largest absolute Gasteiger partial charge is 0.250 e. The van der Waals surface area contributed by atoms with E-state index < -0.39 is 0 Å². The van der Waals surface area contributed by atoms with Crippen molar-refractivity contribution in [3.8, 4) is 6.07 Å². The van der Waals surface area contributed by atoms with Crippen LogP contribution in [0.1, 0.15) is 12.0 Å². The van der Waals surface area contributed by atoms with Gasteiger partial charge in [0.15, 0.2) is 0 Å². The quantitative estimate of drug-likeness (QED) is 0.695. The predicted octanol–water partition coefficient (Wildman–Crippen LogP) is 3.20. The summed E-state index contributed by atoms with van der Waals surface area (Å²) in [6.45, 7) is -0.291. The fourth-order valence-electron chi connectivity index (χ4n) is 1.11. The maximum atomic E-state index is 11.9. The number of rotatable bonds is 5. The van der Waals surface area contributed by atoms with E-state index in [1.54, 1.807) is 0 Å². The first-order valence-electron chi connectivity index (χ1n) is 4.51. The first kappa shape index (κ1) is 11.1. The molecule has 0 heterocycles. The number of hydrogen-bond donors (Lipinski definition) is 0. The summed E-state index contributed by atoms with van der Waals surface area (Å²) in [6, 6.07) is 10.1. The van der Waals surface area contributed by atoms with Crippen molar-refractivity contribution in [3.63, 3.8) is 0 Å². The van der Waals surface area contributed by atoms with Crippen LogP contribution in [-0.2, 0) is 6.42 Å². The van der Waals surface area contributed by atoms with Gasteiger partial charge >= 0.3 is 0 Å². The van der Waals surface area contributed by atoms with Crippen molar-refractivity contribution in [1.82, 2.24) is 0 Å². The van der Waals surface area contributed by atoms with Gasteiger partial charge in [-0.05, 0) is 24.1 Å². The van der Waals surface area contributed by atoms with Gasteiger partial charge in [-0.15, -0.1) is 11.8 Å². The van der Waals surface area contributed by atoms with Crippen LogP contribution < -0.4 is 0 Å². The summed E-state index contributed by atoms with van der Waals surface area (Å²) < 4.78 is 11.9. The highest BCUT2D eigenvalue weighted by molar-refractivity contribution is 7.99. The van der Waals surface area contributed by atoms with Crippen LogP contribution in [0, 0.1) is 11.3 Å². The maximum absolute atomic E-state index is 11.9. The molecule has 0 atom stereocenters. The van der Waals surface area contributed by atoms with Crippen LogP contribution in [0.25, 0.3) is 0 Å². The van der Waals surface area contributed by atoms with Crippen molar-refractivity contribution in [2.45, 2.75) is 17.7 Å². The molecule has 0 aliphatic rings. The highest BCUT2D eigenvalue weighted by Crippen LogP contribution is 2.18. The molecule has 0 aliphatic carbocycles. The Morgan fingerprint density at radius 2 is 2.00 bits per heavy atom. The Bertz CT molecular complexity index is 302. The zero-order valence-corrected chi connectivity index (χ0v) is 8.69. The Morgan fingerprint density at radius 3 is 2.57 bits per heavy atom. The van der Waals surface area contributed by atoms with Gasteiger partial charge < -0.3 is 0 Å². The Morgan fingerprint density at radius 1 is 1.29 bits per heavy atom. The third-order valence-electron chi connectivity index (χ3n) is 1.79. The van der Waals surface area contributed by atoms with Gasteiger partial charge in [0.1, 0.15) is 0 Å². The molecule has 0 unspecified atom stereocenters. The van der Waals surface area contributed by atoms with Crippen molar-refractivity contribution in [3.05, 3.63) is 29.8 Å². The number of aryl methyl sites for hydroxylation is 1. The summed E-state index contributed by atoms with van der Waals surface area (Å²) in [4.78, 5) is 1.09. The van der Waals surface area contributed by atoms with E-state index in [2.05, 4.69) is 6.07 Å². The molecule has 3 heteroatoms. The lowest BCUT2D eigenvalue weighted by atomic mass is 10.1. The molecule has 0 aliphatic heterocycles. The van der Waals surface area contributed by atoms with Gasteiger partial charge in [0.2, 0.25) is 0 Å². The molecule has 0 amide bonds. The number of halogens is 1. The SMILES string of the molecule is N#CCCc1ccc(SCCF)cc1. The maximum Gasteiger partial charge on any atom is 0.0988 e. The second-order valence-corrected chi connectivity index (χ2v) is 4.01. The Balaban J connectivity index is 2.47. The molecule has 74 valence electrons. The molecule has 1 nitrogen and oxygen atoms in total. The van der Waals surface area contributed by atoms with Crippen molar-refractivity contribution in [1.29, 1.82) is 5.26 Å². The molecule has 0 radical (unpaired) electrons. The predicted molar refractivity (Wildman–Crippen MR) is 57.1 cm³/mol. The van der Waals surface area contributed by atoms with Gasteiger partial charge in [-0.2, -0.15) is 5.26 Å². The third-order valence-corrected chi connectivity index (χ3v) is 2.76. The van der Waals surface area contributed by atoms with E-state index in [1.165, 1.54) is 11.8 Å². The molecular formula is C11H12FNS. The topological polar surface area (TPSA) is 23.8 Å². The molecule has 1 aromatic carbocycles. The molecule has 1 aromatic rings. The second-order valence-electron chi connectivity index (χ2n) is 2.84. The number of benzene rings is 1. The lowest BCUT2D eigenvalue weighted by Gasteiger charge is -2.00. The highest BCUT2D eigenvalue weighted by atomic mass is 32.2. The second kappa shape index (κ2) is 6.44. The van der Waals surface area contributed by atoms with Gasteiger partial charge in [0.25, 0.3) is 0 Å². The molecule has 0 bridgehead atoms. The van der Waals surface area contributed by atoms with Crippen LogP contribution in [0.4, 0.5) is 4.39 Å². The van der Waals surface area contributed by atoms with E-state index >= 15 is 0 Å². The lowest BCUT2D eigenvalue weighted by Crippen LogP contribution is -1.84. The summed E-state index contributed by atoms with van der Waals surface area (Å²) in [5, 5.41) is 8.40. The first-order chi connectivity index (χ1) is 6.86. The van der Waals surface area contributed by atoms with E-state index in [9.17, 15) is 4.39 Å². The average Bonchev–Trinajstić information content (AvgIpc) is 2.25. The van der Waals surface area contributed by atoms with Crippen molar-refractivity contribution >= 4 is 11.8 Å². The van der Waals surface area contributed by atoms with Gasteiger partial charge in [-0.1, -0.05) is 12.1 Å². The zero-order valence-electron chi connectivity index (χ0n) is 7.87. The molecule has 14 heavy (non-hydrogen) atoms. The number of nitriles is 1. The molecule has 0 fully saturated rings. The van der Waals surface area contributed by atoms with E-state index in [-0.39, 0.29) is 6.67 Å². The van der Waals surface area contributed by atoms with Gasteiger partial charge in [-0.3, -0.25) is 4.39 Å². The third kappa shape index (κ3) is 3.80. The van der Waals surface area contributed by atoms with E-state index in [0.29, 0.717) is 12.2 Å². The highest BCUT2D eigenvalue weighted by Gasteiger charge is 1.95. The molecular weight excluding hydrogens is 197 g/mol. The normalized spacial score (nSPS) is 9.71. The van der Waals surface area contributed by atoms with Crippen LogP contribution in [-0.4, -0.2) is 12.4 Å². The van der Waals surface area contributed by atoms with E-state index in [1.807, 2.05) is 24.3 Å². The van der Waals surface area contributed by atoms with E-state index in [0.717, 1.165) is 16.9 Å². The summed E-state index contributed by atoms with van der Waals surface area (Å²) in [5.74, 6) is 0.511. The first-order valence-corrected chi connectivity index (χ1v) is 5.50. The number of alkyl halides is 1.